The maximum atomic E-state index is 13.2. The van der Waals surface area contributed by atoms with Crippen molar-refractivity contribution < 1.29 is 4.79 Å². The summed E-state index contributed by atoms with van der Waals surface area (Å²) in [5, 5.41) is 4.97. The van der Waals surface area contributed by atoms with Crippen LogP contribution in [0.4, 0.5) is 5.13 Å². The molecule has 0 atom stereocenters. The van der Waals surface area contributed by atoms with Gasteiger partial charge in [-0.15, -0.1) is 11.3 Å². The van der Waals surface area contributed by atoms with Crippen molar-refractivity contribution in [2.45, 2.75) is 6.54 Å². The smallest absolute Gasteiger partial charge is 0.300 e. The molecule has 3 heterocycles. The number of fused-ring (bicyclic) bond motifs is 2. The average Bonchev–Trinajstić information content (AvgIpc) is 3.39. The van der Waals surface area contributed by atoms with Crippen LogP contribution in [0.25, 0.3) is 26.1 Å². The minimum Gasteiger partial charge on any atom is -0.300 e. The predicted octanol–water partition coefficient (Wildman–Crippen LogP) is 3.46. The molecule has 9 heteroatoms. The van der Waals surface area contributed by atoms with Crippen molar-refractivity contribution >= 4 is 54.1 Å². The highest BCUT2D eigenvalue weighted by Crippen LogP contribution is 2.25. The fraction of sp³-hybridized carbons (Fsp3) is 0.0476. The number of anilines is 1. The Bertz CT molecular complexity index is 1480. The molecule has 0 saturated carbocycles. The summed E-state index contributed by atoms with van der Waals surface area (Å²) in [4.78, 5) is 43.2. The Kier molecular flexibility index (Phi) is 4.53. The van der Waals surface area contributed by atoms with E-state index in [0.717, 1.165) is 14.8 Å². The number of nitrogens with zero attached hydrogens (tertiary/aromatic N) is 3. The van der Waals surface area contributed by atoms with Gasteiger partial charge in [0, 0.05) is 0 Å². The summed E-state index contributed by atoms with van der Waals surface area (Å²) in [7, 11) is 0. The molecular weight excluding hydrogens is 420 g/mol. The highest BCUT2D eigenvalue weighted by atomic mass is 32.1. The van der Waals surface area contributed by atoms with Crippen LogP contribution in [0.5, 0.6) is 0 Å². The van der Waals surface area contributed by atoms with Crippen LogP contribution in [0.2, 0.25) is 0 Å². The molecule has 148 valence electrons. The number of nitrogens with one attached hydrogen (secondary N) is 1. The summed E-state index contributed by atoms with van der Waals surface area (Å²) in [6, 6.07) is 18.0. The molecule has 0 spiro atoms. The summed E-state index contributed by atoms with van der Waals surface area (Å²) >= 11 is 2.61. The number of carbonyl (C=O) groups excluding carboxylic acids is 1. The second-order valence-corrected chi connectivity index (χ2v) is 8.46. The van der Waals surface area contributed by atoms with Crippen molar-refractivity contribution in [1.29, 1.82) is 0 Å². The van der Waals surface area contributed by atoms with Crippen LogP contribution < -0.4 is 16.6 Å². The number of rotatable bonds is 4. The van der Waals surface area contributed by atoms with Crippen LogP contribution >= 0.6 is 22.7 Å². The van der Waals surface area contributed by atoms with Gasteiger partial charge in [0.2, 0.25) is 5.91 Å². The van der Waals surface area contributed by atoms with Gasteiger partial charge in [0.15, 0.2) is 5.13 Å². The Morgan fingerprint density at radius 2 is 1.77 bits per heavy atom. The third kappa shape index (κ3) is 3.14. The predicted molar refractivity (Wildman–Crippen MR) is 120 cm³/mol. The molecule has 7 nitrogen and oxygen atoms in total. The quantitative estimate of drug-likeness (QED) is 0.469. The topological polar surface area (TPSA) is 86.0 Å². The maximum Gasteiger partial charge on any atom is 0.336 e. The van der Waals surface area contributed by atoms with E-state index in [0.29, 0.717) is 21.0 Å². The highest BCUT2D eigenvalue weighted by Gasteiger charge is 2.18. The normalized spacial score (nSPS) is 11.2. The van der Waals surface area contributed by atoms with Crippen molar-refractivity contribution in [2.24, 2.45) is 0 Å². The van der Waals surface area contributed by atoms with Gasteiger partial charge >= 0.3 is 5.69 Å². The molecule has 5 aromatic rings. The van der Waals surface area contributed by atoms with Crippen molar-refractivity contribution in [2.75, 3.05) is 5.32 Å². The number of thiophene rings is 1. The number of benzene rings is 2. The first-order valence-corrected chi connectivity index (χ1v) is 10.8. The Hall–Kier alpha value is -3.56. The Balaban J connectivity index is 1.55. The van der Waals surface area contributed by atoms with Crippen molar-refractivity contribution in [3.05, 3.63) is 86.9 Å². The zero-order chi connectivity index (χ0) is 20.7. The molecule has 3 aromatic heterocycles. The van der Waals surface area contributed by atoms with Gasteiger partial charge in [-0.25, -0.2) is 14.3 Å². The Morgan fingerprint density at radius 3 is 2.57 bits per heavy atom. The highest BCUT2D eigenvalue weighted by molar-refractivity contribution is 7.22. The van der Waals surface area contributed by atoms with E-state index in [1.54, 1.807) is 35.7 Å². The van der Waals surface area contributed by atoms with Gasteiger partial charge < -0.3 is 5.32 Å². The summed E-state index contributed by atoms with van der Waals surface area (Å²) in [6.07, 6.45) is 0. The van der Waals surface area contributed by atoms with Gasteiger partial charge in [0.1, 0.15) is 11.2 Å². The van der Waals surface area contributed by atoms with Crippen molar-refractivity contribution in [3.8, 4) is 5.69 Å². The monoisotopic (exact) mass is 434 g/mol. The van der Waals surface area contributed by atoms with Crippen LogP contribution in [0.1, 0.15) is 0 Å². The van der Waals surface area contributed by atoms with E-state index in [4.69, 9.17) is 0 Å². The fourth-order valence-corrected chi connectivity index (χ4v) is 4.98. The minimum atomic E-state index is -0.559. The second-order valence-electron chi connectivity index (χ2n) is 6.51. The molecule has 30 heavy (non-hydrogen) atoms. The van der Waals surface area contributed by atoms with Gasteiger partial charge in [0.25, 0.3) is 5.56 Å². The average molecular weight is 435 g/mol. The van der Waals surface area contributed by atoms with Crippen LogP contribution in [0.3, 0.4) is 0 Å². The lowest BCUT2D eigenvalue weighted by Crippen LogP contribution is -2.40. The lowest BCUT2D eigenvalue weighted by molar-refractivity contribution is -0.116. The second kappa shape index (κ2) is 7.36. The van der Waals surface area contributed by atoms with Gasteiger partial charge in [-0.2, -0.15) is 0 Å². The van der Waals surface area contributed by atoms with E-state index in [1.165, 1.54) is 27.2 Å². The molecule has 0 aliphatic heterocycles. The van der Waals surface area contributed by atoms with E-state index in [2.05, 4.69) is 10.3 Å². The SMILES string of the molecule is O=C(Cn1c(=O)n(-c2ccccc2)c(=O)c2sccc21)Nc1nc2ccccc2s1. The lowest BCUT2D eigenvalue weighted by Gasteiger charge is -2.11. The summed E-state index contributed by atoms with van der Waals surface area (Å²) < 4.78 is 3.81. The number of amides is 1. The third-order valence-electron chi connectivity index (χ3n) is 4.61. The fourth-order valence-electron chi connectivity index (χ4n) is 3.27. The van der Waals surface area contributed by atoms with Crippen LogP contribution in [-0.2, 0) is 11.3 Å². The molecule has 0 saturated heterocycles. The molecule has 0 unspecified atom stereocenters. The summed E-state index contributed by atoms with van der Waals surface area (Å²) in [6.45, 7) is -0.227. The number of hydrogen-bond donors (Lipinski definition) is 1. The molecule has 0 aliphatic rings. The van der Waals surface area contributed by atoms with E-state index in [9.17, 15) is 14.4 Å². The van der Waals surface area contributed by atoms with E-state index in [-0.39, 0.29) is 18.0 Å². The summed E-state index contributed by atoms with van der Waals surface area (Å²) in [5.41, 5.74) is 0.758. The first-order valence-electron chi connectivity index (χ1n) is 9.06. The van der Waals surface area contributed by atoms with E-state index >= 15 is 0 Å². The zero-order valence-electron chi connectivity index (χ0n) is 15.4. The number of thiazole rings is 1. The van der Waals surface area contributed by atoms with Crippen molar-refractivity contribution in [3.63, 3.8) is 0 Å². The van der Waals surface area contributed by atoms with Crippen LogP contribution in [-0.4, -0.2) is 20.0 Å². The first-order chi connectivity index (χ1) is 14.6. The summed E-state index contributed by atoms with van der Waals surface area (Å²) in [5.74, 6) is -0.387. The standard InChI is InChI=1S/C21H14N4O3S2/c26-17(23-20-22-14-8-4-5-9-16(14)30-20)12-24-15-10-11-29-18(15)19(27)25(21(24)28)13-6-2-1-3-7-13/h1-11H,12H2,(H,22,23,26). The minimum absolute atomic E-state index is 0.227. The van der Waals surface area contributed by atoms with Crippen LogP contribution in [0.15, 0.2) is 75.6 Å². The van der Waals surface area contributed by atoms with Gasteiger partial charge in [-0.3, -0.25) is 14.2 Å². The number of aromatic nitrogens is 3. The number of carbonyl (C=O) groups is 1. The van der Waals surface area contributed by atoms with Crippen molar-refractivity contribution in [1.82, 2.24) is 14.1 Å². The largest absolute Gasteiger partial charge is 0.336 e. The zero-order valence-corrected chi connectivity index (χ0v) is 17.1. The van der Waals surface area contributed by atoms with Gasteiger partial charge in [-0.05, 0) is 35.7 Å². The molecule has 2 aromatic carbocycles. The van der Waals surface area contributed by atoms with Gasteiger partial charge in [0.05, 0.1) is 21.4 Å². The first kappa shape index (κ1) is 18.5. The van der Waals surface area contributed by atoms with E-state index in [1.807, 2.05) is 30.3 Å². The molecule has 1 N–H and O–H groups in total. The molecule has 5 rings (SSSR count). The number of para-hydroxylation sites is 2. The van der Waals surface area contributed by atoms with Crippen LogP contribution in [0, 0.1) is 0 Å². The molecule has 0 fully saturated rings. The molecule has 1 amide bonds. The third-order valence-corrected chi connectivity index (χ3v) is 6.45. The Morgan fingerprint density at radius 1 is 1.00 bits per heavy atom. The van der Waals surface area contributed by atoms with Gasteiger partial charge in [-0.1, -0.05) is 41.7 Å². The molecular formula is C21H14N4O3S2. The number of hydrogen-bond acceptors (Lipinski definition) is 6. The van der Waals surface area contributed by atoms with E-state index < -0.39 is 5.69 Å². The Labute approximate surface area is 177 Å². The molecule has 0 bridgehead atoms. The molecule has 0 aliphatic carbocycles. The maximum absolute atomic E-state index is 13.2. The molecule has 0 radical (unpaired) electrons. The lowest BCUT2D eigenvalue weighted by atomic mass is 10.3.